The van der Waals surface area contributed by atoms with E-state index < -0.39 is 5.97 Å². The quantitative estimate of drug-likeness (QED) is 0.728. The Labute approximate surface area is 87.4 Å². The second-order valence-electron chi connectivity index (χ2n) is 3.10. The van der Waals surface area contributed by atoms with Gasteiger partial charge in [0, 0.05) is 25.2 Å². The molecule has 1 rings (SSSR count). The highest BCUT2D eigenvalue weighted by atomic mass is 16.4. The van der Waals surface area contributed by atoms with Crippen LogP contribution in [-0.2, 0) is 11.2 Å². The van der Waals surface area contributed by atoms with E-state index in [9.17, 15) is 4.79 Å². The molecule has 1 N–H and O–H groups in total. The van der Waals surface area contributed by atoms with Gasteiger partial charge in [0.2, 0.25) is 0 Å². The molecule has 0 atom stereocenters. The van der Waals surface area contributed by atoms with Gasteiger partial charge in [-0.25, -0.2) is 9.97 Å². The Balaban J connectivity index is 2.32. The molecular weight excluding hydrogens is 194 g/mol. The average molecular weight is 205 g/mol. The Kier molecular flexibility index (Phi) is 4.23. The van der Waals surface area contributed by atoms with Crippen molar-refractivity contribution in [3.8, 4) is 6.07 Å². The molecule has 0 saturated carbocycles. The number of aliphatic carboxylic acids is 1. The lowest BCUT2D eigenvalue weighted by molar-refractivity contribution is -0.137. The van der Waals surface area contributed by atoms with Crippen molar-refractivity contribution < 1.29 is 9.90 Å². The second kappa shape index (κ2) is 5.70. The number of aromatic nitrogens is 2. The number of unbranched alkanes of at least 4 members (excludes halogenated alkanes) is 1. The predicted octanol–water partition coefficient (Wildman–Crippen LogP) is 1.15. The highest BCUT2D eigenvalue weighted by Crippen LogP contribution is 2.02. The number of hydrogen-bond acceptors (Lipinski definition) is 4. The van der Waals surface area contributed by atoms with Crippen LogP contribution in [0.4, 0.5) is 0 Å². The predicted molar refractivity (Wildman–Crippen MR) is 51.9 cm³/mol. The first-order chi connectivity index (χ1) is 7.22. The molecule has 15 heavy (non-hydrogen) atoms. The average Bonchev–Trinajstić information content (AvgIpc) is 2.25. The number of rotatable bonds is 5. The van der Waals surface area contributed by atoms with E-state index >= 15 is 0 Å². The second-order valence-corrected chi connectivity index (χ2v) is 3.10. The lowest BCUT2D eigenvalue weighted by Crippen LogP contribution is -1.98. The number of hydrogen-bond donors (Lipinski definition) is 1. The zero-order chi connectivity index (χ0) is 11.1. The van der Waals surface area contributed by atoms with Gasteiger partial charge in [-0.05, 0) is 12.8 Å². The maximum atomic E-state index is 10.2. The van der Waals surface area contributed by atoms with Gasteiger partial charge in [0.25, 0.3) is 0 Å². The summed E-state index contributed by atoms with van der Waals surface area (Å²) in [6, 6.07) is 1.93. The lowest BCUT2D eigenvalue weighted by atomic mass is 10.2. The smallest absolute Gasteiger partial charge is 0.303 e. The van der Waals surface area contributed by atoms with E-state index in [-0.39, 0.29) is 6.42 Å². The maximum absolute atomic E-state index is 10.2. The van der Waals surface area contributed by atoms with Gasteiger partial charge in [-0.1, -0.05) is 0 Å². The Bertz CT molecular complexity index is 367. The molecule has 0 aromatic carbocycles. The summed E-state index contributed by atoms with van der Waals surface area (Å²) in [6.07, 6.45) is 5.14. The number of carbonyl (C=O) groups is 1. The number of carboxylic acids is 1. The Morgan fingerprint density at radius 1 is 1.40 bits per heavy atom. The summed E-state index contributed by atoms with van der Waals surface area (Å²) >= 11 is 0. The normalized spacial score (nSPS) is 9.53. The molecule has 0 aliphatic rings. The Morgan fingerprint density at radius 2 is 2.07 bits per heavy atom. The van der Waals surface area contributed by atoms with E-state index in [0.29, 0.717) is 24.2 Å². The first-order valence-corrected chi connectivity index (χ1v) is 4.65. The van der Waals surface area contributed by atoms with Crippen LogP contribution in [0.3, 0.4) is 0 Å². The third kappa shape index (κ3) is 4.18. The first kappa shape index (κ1) is 11.1. The molecule has 5 heteroatoms. The summed E-state index contributed by atoms with van der Waals surface area (Å²) in [5.74, 6) is -0.130. The Hall–Kier alpha value is -1.96. The SMILES string of the molecule is N#Cc1cnc(CCCCC(=O)O)nc1. The first-order valence-electron chi connectivity index (χ1n) is 4.65. The van der Waals surface area contributed by atoms with E-state index in [0.717, 1.165) is 6.42 Å². The molecule has 0 bridgehead atoms. The molecule has 0 aliphatic heterocycles. The van der Waals surface area contributed by atoms with Crippen LogP contribution < -0.4 is 0 Å². The van der Waals surface area contributed by atoms with Crippen molar-refractivity contribution in [3.05, 3.63) is 23.8 Å². The van der Waals surface area contributed by atoms with Crippen LogP contribution in [0.15, 0.2) is 12.4 Å². The molecule has 0 radical (unpaired) electrons. The lowest BCUT2D eigenvalue weighted by Gasteiger charge is -1.98. The zero-order valence-electron chi connectivity index (χ0n) is 8.18. The molecule has 0 aliphatic carbocycles. The minimum atomic E-state index is -0.782. The van der Waals surface area contributed by atoms with Gasteiger partial charge in [-0.15, -0.1) is 0 Å². The fraction of sp³-hybridized carbons (Fsp3) is 0.400. The van der Waals surface area contributed by atoms with Crippen LogP contribution in [-0.4, -0.2) is 21.0 Å². The summed E-state index contributed by atoms with van der Waals surface area (Å²) in [6.45, 7) is 0. The van der Waals surface area contributed by atoms with Crippen molar-refractivity contribution in [2.75, 3.05) is 0 Å². The van der Waals surface area contributed by atoms with Crippen molar-refractivity contribution >= 4 is 5.97 Å². The van der Waals surface area contributed by atoms with E-state index in [4.69, 9.17) is 10.4 Å². The van der Waals surface area contributed by atoms with E-state index in [1.54, 1.807) is 0 Å². The molecule has 78 valence electrons. The molecule has 0 amide bonds. The summed E-state index contributed by atoms with van der Waals surface area (Å²) in [4.78, 5) is 18.2. The molecule has 0 spiro atoms. The van der Waals surface area contributed by atoms with Gasteiger partial charge in [-0.2, -0.15) is 5.26 Å². The van der Waals surface area contributed by atoms with Gasteiger partial charge >= 0.3 is 5.97 Å². The van der Waals surface area contributed by atoms with E-state index in [2.05, 4.69) is 9.97 Å². The standard InChI is InChI=1S/C10H11N3O2/c11-5-8-6-12-9(13-7-8)3-1-2-4-10(14)15/h6-7H,1-4H2,(H,14,15). The fourth-order valence-electron chi connectivity index (χ4n) is 1.10. The summed E-state index contributed by atoms with van der Waals surface area (Å²) in [5.41, 5.74) is 0.435. The number of carboxylic acid groups (broad SMARTS) is 1. The van der Waals surface area contributed by atoms with Gasteiger partial charge in [0.05, 0.1) is 5.56 Å². The van der Waals surface area contributed by atoms with Crippen molar-refractivity contribution in [2.24, 2.45) is 0 Å². The van der Waals surface area contributed by atoms with Crippen molar-refractivity contribution in [1.82, 2.24) is 9.97 Å². The van der Waals surface area contributed by atoms with Crippen LogP contribution in [0, 0.1) is 11.3 Å². The third-order valence-corrected chi connectivity index (χ3v) is 1.88. The monoisotopic (exact) mass is 205 g/mol. The fourth-order valence-corrected chi connectivity index (χ4v) is 1.10. The largest absolute Gasteiger partial charge is 0.481 e. The summed E-state index contributed by atoms with van der Waals surface area (Å²) in [7, 11) is 0. The molecular formula is C10H11N3O2. The minimum Gasteiger partial charge on any atom is -0.481 e. The summed E-state index contributed by atoms with van der Waals surface area (Å²) in [5, 5.41) is 16.9. The van der Waals surface area contributed by atoms with Gasteiger partial charge in [0.15, 0.2) is 0 Å². The highest BCUT2D eigenvalue weighted by Gasteiger charge is 2.00. The molecule has 0 fully saturated rings. The minimum absolute atomic E-state index is 0.177. The van der Waals surface area contributed by atoms with Gasteiger partial charge in [-0.3, -0.25) is 4.79 Å². The number of aryl methyl sites for hydroxylation is 1. The van der Waals surface area contributed by atoms with Crippen molar-refractivity contribution in [1.29, 1.82) is 5.26 Å². The van der Waals surface area contributed by atoms with Gasteiger partial charge in [0.1, 0.15) is 11.9 Å². The highest BCUT2D eigenvalue weighted by molar-refractivity contribution is 5.66. The molecule has 0 unspecified atom stereocenters. The summed E-state index contributed by atoms with van der Waals surface area (Å²) < 4.78 is 0. The van der Waals surface area contributed by atoms with E-state index in [1.165, 1.54) is 12.4 Å². The third-order valence-electron chi connectivity index (χ3n) is 1.88. The Morgan fingerprint density at radius 3 is 2.60 bits per heavy atom. The van der Waals surface area contributed by atoms with Crippen LogP contribution in [0.2, 0.25) is 0 Å². The number of nitriles is 1. The van der Waals surface area contributed by atoms with Crippen LogP contribution in [0.25, 0.3) is 0 Å². The van der Waals surface area contributed by atoms with Crippen LogP contribution >= 0.6 is 0 Å². The molecule has 1 heterocycles. The van der Waals surface area contributed by atoms with Gasteiger partial charge < -0.3 is 5.11 Å². The molecule has 0 saturated heterocycles. The molecule has 1 aromatic heterocycles. The topological polar surface area (TPSA) is 86.9 Å². The van der Waals surface area contributed by atoms with E-state index in [1.807, 2.05) is 6.07 Å². The molecule has 5 nitrogen and oxygen atoms in total. The van der Waals surface area contributed by atoms with Crippen LogP contribution in [0.5, 0.6) is 0 Å². The van der Waals surface area contributed by atoms with Crippen molar-refractivity contribution in [3.63, 3.8) is 0 Å². The van der Waals surface area contributed by atoms with Crippen LogP contribution in [0.1, 0.15) is 30.7 Å². The maximum Gasteiger partial charge on any atom is 0.303 e. The molecule has 1 aromatic rings. The zero-order valence-corrected chi connectivity index (χ0v) is 8.18. The van der Waals surface area contributed by atoms with Crippen molar-refractivity contribution in [2.45, 2.75) is 25.7 Å². The number of nitrogens with zero attached hydrogens (tertiary/aromatic N) is 3.